The van der Waals surface area contributed by atoms with Crippen LogP contribution >= 0.6 is 47.1 Å². The zero-order valence-electron chi connectivity index (χ0n) is 18.1. The first kappa shape index (κ1) is 24.3. The van der Waals surface area contributed by atoms with Crippen molar-refractivity contribution in [1.82, 2.24) is 9.47 Å². The normalized spacial score (nSPS) is 18.7. The first-order valence-corrected chi connectivity index (χ1v) is 13.0. The number of thioether (sulfide) groups is 2. The fourth-order valence-corrected chi connectivity index (χ4v) is 7.17. The molecule has 1 aromatic heterocycles. The highest BCUT2D eigenvalue weighted by atomic mass is 32.2. The molecule has 1 fully saturated rings. The summed E-state index contributed by atoms with van der Waals surface area (Å²) in [6, 6.07) is 5.57. The Morgan fingerprint density at radius 1 is 1.18 bits per heavy atom. The Balaban J connectivity index is 1.78. The Bertz CT molecular complexity index is 1480. The van der Waals surface area contributed by atoms with E-state index in [1.54, 1.807) is 23.9 Å². The van der Waals surface area contributed by atoms with Crippen LogP contribution in [0, 0.1) is 6.57 Å². The van der Waals surface area contributed by atoms with Crippen LogP contribution in [0.15, 0.2) is 39.0 Å². The monoisotopic (exact) mass is 530 g/mol. The summed E-state index contributed by atoms with van der Waals surface area (Å²) in [6.45, 7) is 11.6. The van der Waals surface area contributed by atoms with Crippen molar-refractivity contribution >= 4 is 85.6 Å². The third-order valence-corrected chi connectivity index (χ3v) is 8.94. The van der Waals surface area contributed by atoms with Gasteiger partial charge in [0.1, 0.15) is 20.4 Å². The van der Waals surface area contributed by atoms with Gasteiger partial charge in [0.25, 0.3) is 11.5 Å². The minimum atomic E-state index is -1.16. The maximum atomic E-state index is 13.1. The lowest BCUT2D eigenvalue weighted by Crippen LogP contribution is -2.35. The average Bonchev–Trinajstić information content (AvgIpc) is 3.42. The standard InChI is InChI=1S/C22H18N4O4S4/c1-4-24-13-10-12(23-3)6-7-14(13)32-16(24)9-8-15-19(29)25(5-2)21(33-15)18-20(30)26(11-17(27)28)22(31)34-18/h6-10H,4-5,11H2,1-2H3,(H,27,28)/b15-8?,16-9?,21-18-. The van der Waals surface area contributed by atoms with Gasteiger partial charge in [-0.3, -0.25) is 23.9 Å². The minimum Gasteiger partial charge on any atom is -0.480 e. The predicted molar refractivity (Wildman–Crippen MR) is 141 cm³/mol. The number of thiazole rings is 1. The smallest absolute Gasteiger partial charge is 0.323 e. The molecule has 174 valence electrons. The number of benzene rings is 1. The molecule has 0 bridgehead atoms. The van der Waals surface area contributed by atoms with E-state index in [9.17, 15) is 14.4 Å². The molecule has 34 heavy (non-hydrogen) atoms. The number of nitrogens with zero attached hydrogens (tertiary/aromatic N) is 4. The van der Waals surface area contributed by atoms with Crippen molar-refractivity contribution in [3.8, 4) is 0 Å². The molecule has 1 aromatic carbocycles. The summed E-state index contributed by atoms with van der Waals surface area (Å²) in [5.41, 5.74) is 1.32. The SMILES string of the molecule is [C-]#[N+]c1ccc2c(c1)N(CC)C(=CC=c1s/c(=C3\SC(=S)N(CC(=O)O)C3=O)n(CC)c1=O)S2. The Morgan fingerprint density at radius 3 is 2.59 bits per heavy atom. The van der Waals surface area contributed by atoms with Crippen LogP contribution in [0.25, 0.3) is 15.8 Å². The molecule has 2 aliphatic rings. The number of hydrogen-bond donors (Lipinski definition) is 1. The van der Waals surface area contributed by atoms with E-state index in [-0.39, 0.29) is 14.8 Å². The molecule has 3 heterocycles. The number of rotatable bonds is 5. The number of amides is 1. The molecular weight excluding hydrogens is 513 g/mol. The zero-order valence-corrected chi connectivity index (χ0v) is 21.4. The lowest BCUT2D eigenvalue weighted by atomic mass is 10.2. The van der Waals surface area contributed by atoms with E-state index in [0.717, 1.165) is 32.3 Å². The highest BCUT2D eigenvalue weighted by molar-refractivity contribution is 8.30. The average molecular weight is 531 g/mol. The van der Waals surface area contributed by atoms with E-state index in [2.05, 4.69) is 9.74 Å². The van der Waals surface area contributed by atoms with Crippen LogP contribution in [0.3, 0.4) is 0 Å². The molecular formula is C22H18N4O4S4. The van der Waals surface area contributed by atoms with Crippen molar-refractivity contribution in [2.45, 2.75) is 25.3 Å². The van der Waals surface area contributed by atoms with E-state index >= 15 is 0 Å². The van der Waals surface area contributed by atoms with Gasteiger partial charge >= 0.3 is 5.97 Å². The number of hydrogen-bond acceptors (Lipinski definition) is 8. The Labute approximate surface area is 212 Å². The van der Waals surface area contributed by atoms with Gasteiger partial charge in [-0.25, -0.2) is 4.85 Å². The van der Waals surface area contributed by atoms with Crippen LogP contribution in [-0.4, -0.2) is 43.9 Å². The van der Waals surface area contributed by atoms with Crippen molar-refractivity contribution in [3.05, 3.63) is 60.3 Å². The molecule has 0 unspecified atom stereocenters. The van der Waals surface area contributed by atoms with Gasteiger partial charge < -0.3 is 10.0 Å². The van der Waals surface area contributed by atoms with Crippen molar-refractivity contribution in [2.75, 3.05) is 18.0 Å². The number of carboxylic acid groups (broad SMARTS) is 1. The van der Waals surface area contributed by atoms with Crippen LogP contribution in [0.2, 0.25) is 0 Å². The fourth-order valence-electron chi connectivity index (χ4n) is 3.54. The van der Waals surface area contributed by atoms with Gasteiger partial charge in [-0.05, 0) is 32.1 Å². The number of aliphatic carboxylic acids is 1. The predicted octanol–water partition coefficient (Wildman–Crippen LogP) is 2.79. The highest BCUT2D eigenvalue weighted by Crippen LogP contribution is 2.47. The highest BCUT2D eigenvalue weighted by Gasteiger charge is 2.35. The third kappa shape index (κ3) is 4.32. The molecule has 1 saturated heterocycles. The molecule has 1 N–H and O–H groups in total. The first-order valence-electron chi connectivity index (χ1n) is 10.2. The number of fused-ring (bicyclic) bond motifs is 1. The second-order valence-electron chi connectivity index (χ2n) is 7.08. The van der Waals surface area contributed by atoms with Gasteiger partial charge in [0.05, 0.1) is 16.1 Å². The quantitative estimate of drug-likeness (QED) is 0.467. The van der Waals surface area contributed by atoms with Gasteiger partial charge in [-0.15, -0.1) is 11.3 Å². The van der Waals surface area contributed by atoms with Gasteiger partial charge in [0.15, 0.2) is 5.69 Å². The number of anilines is 1. The van der Waals surface area contributed by atoms with E-state index in [1.165, 1.54) is 15.9 Å². The lowest BCUT2D eigenvalue weighted by molar-refractivity contribution is -0.140. The maximum absolute atomic E-state index is 13.1. The van der Waals surface area contributed by atoms with Gasteiger partial charge in [-0.1, -0.05) is 47.9 Å². The summed E-state index contributed by atoms with van der Waals surface area (Å²) in [4.78, 5) is 44.9. The third-order valence-electron chi connectivity index (χ3n) is 5.10. The summed E-state index contributed by atoms with van der Waals surface area (Å²) >= 11 is 8.96. The molecule has 12 heteroatoms. The lowest BCUT2D eigenvalue weighted by Gasteiger charge is -2.17. The first-order chi connectivity index (χ1) is 16.3. The molecule has 4 rings (SSSR count). The van der Waals surface area contributed by atoms with Crippen molar-refractivity contribution in [1.29, 1.82) is 0 Å². The topological polar surface area (TPSA) is 87.2 Å². The summed E-state index contributed by atoms with van der Waals surface area (Å²) in [5, 5.41) is 10.0. The Kier molecular flexibility index (Phi) is 6.99. The van der Waals surface area contributed by atoms with Crippen molar-refractivity contribution in [2.24, 2.45) is 0 Å². The van der Waals surface area contributed by atoms with Crippen LogP contribution in [0.4, 0.5) is 11.4 Å². The number of carboxylic acids is 1. The number of aromatic nitrogens is 1. The molecule has 1 amide bonds. The van der Waals surface area contributed by atoms with E-state index in [0.29, 0.717) is 28.0 Å². The summed E-state index contributed by atoms with van der Waals surface area (Å²) < 4.78 is 2.61. The van der Waals surface area contributed by atoms with Gasteiger partial charge in [0, 0.05) is 23.7 Å². The van der Waals surface area contributed by atoms with Crippen LogP contribution in [0.5, 0.6) is 0 Å². The summed E-state index contributed by atoms with van der Waals surface area (Å²) in [6.07, 6.45) is 3.62. The molecule has 2 aliphatic heterocycles. The van der Waals surface area contributed by atoms with Gasteiger partial charge in [0.2, 0.25) is 0 Å². The second-order valence-corrected chi connectivity index (χ2v) is 10.8. The van der Waals surface area contributed by atoms with Crippen molar-refractivity contribution < 1.29 is 14.7 Å². The molecule has 0 atom stereocenters. The molecule has 2 aromatic rings. The van der Waals surface area contributed by atoms with E-state index < -0.39 is 18.4 Å². The Morgan fingerprint density at radius 2 is 1.94 bits per heavy atom. The number of thiocarbonyl (C=S) groups is 1. The Hall–Kier alpha value is -2.85. The minimum absolute atomic E-state index is 0.163. The molecule has 0 saturated carbocycles. The van der Waals surface area contributed by atoms with Gasteiger partial charge in [-0.2, -0.15) is 0 Å². The molecule has 0 aliphatic carbocycles. The largest absolute Gasteiger partial charge is 0.480 e. The number of carbonyl (C=O) groups excluding carboxylic acids is 1. The van der Waals surface area contributed by atoms with E-state index in [1.807, 2.05) is 32.1 Å². The van der Waals surface area contributed by atoms with Crippen LogP contribution in [0.1, 0.15) is 13.8 Å². The maximum Gasteiger partial charge on any atom is 0.323 e. The molecule has 0 spiro atoms. The second kappa shape index (κ2) is 9.79. The summed E-state index contributed by atoms with van der Waals surface area (Å²) in [7, 11) is 0. The van der Waals surface area contributed by atoms with Crippen LogP contribution < -0.4 is 19.7 Å². The summed E-state index contributed by atoms with van der Waals surface area (Å²) in [5.74, 6) is -1.66. The number of carbonyl (C=O) groups is 2. The van der Waals surface area contributed by atoms with Crippen molar-refractivity contribution in [3.63, 3.8) is 0 Å². The molecule has 8 nitrogen and oxygen atoms in total. The van der Waals surface area contributed by atoms with E-state index in [4.69, 9.17) is 23.9 Å². The van der Waals surface area contributed by atoms with Crippen LogP contribution in [-0.2, 0) is 16.1 Å². The fraction of sp³-hybridized carbons (Fsp3) is 0.227. The molecule has 0 radical (unpaired) electrons. The zero-order chi connectivity index (χ0) is 24.6. The number of allylic oxidation sites excluding steroid dienone is 1.